The van der Waals surface area contributed by atoms with E-state index >= 15 is 0 Å². The maximum atomic E-state index is 13.3. The monoisotopic (exact) mass is 288 g/mol. The molecule has 0 unspecified atom stereocenters. The summed E-state index contributed by atoms with van der Waals surface area (Å²) in [5, 5.41) is 19.5. The molecule has 0 saturated heterocycles. The van der Waals surface area contributed by atoms with Gasteiger partial charge < -0.3 is 20.4 Å². The fourth-order valence-corrected chi connectivity index (χ4v) is 1.47. The van der Waals surface area contributed by atoms with Gasteiger partial charge in [0.05, 0.1) is 18.9 Å². The lowest BCUT2D eigenvalue weighted by Gasteiger charge is -2.19. The first-order chi connectivity index (χ1) is 9.49. The summed E-state index contributed by atoms with van der Waals surface area (Å²) in [6.07, 6.45) is 0. The highest BCUT2D eigenvalue weighted by Crippen LogP contribution is 2.14. The van der Waals surface area contributed by atoms with Crippen molar-refractivity contribution in [3.63, 3.8) is 0 Å². The molecule has 3 N–H and O–H groups in total. The van der Waals surface area contributed by atoms with Gasteiger partial charge in [0.1, 0.15) is 11.6 Å². The number of benzene rings is 1. The molecule has 0 saturated carbocycles. The zero-order valence-electron chi connectivity index (χ0n) is 10.5. The number of hydrogen-bond donors (Lipinski definition) is 3. The minimum Gasteiger partial charge on any atom is -0.395 e. The number of carbonyl (C=O) groups excluding carboxylic acids is 2. The predicted molar refractivity (Wildman–Crippen MR) is 65.7 cm³/mol. The highest BCUT2D eigenvalue weighted by atomic mass is 19.1. The molecule has 0 spiro atoms. The average molecular weight is 288 g/mol. The summed E-state index contributed by atoms with van der Waals surface area (Å²) < 4.78 is 26.0. The van der Waals surface area contributed by atoms with Crippen molar-refractivity contribution in [1.82, 2.24) is 4.90 Å². The summed E-state index contributed by atoms with van der Waals surface area (Å²) in [5.74, 6) is -4.00. The van der Waals surface area contributed by atoms with Gasteiger partial charge in [0, 0.05) is 19.2 Å². The lowest BCUT2D eigenvalue weighted by Crippen LogP contribution is -2.42. The first kappa shape index (κ1) is 16.0. The summed E-state index contributed by atoms with van der Waals surface area (Å²) in [6, 6.07) is 2.49. The van der Waals surface area contributed by atoms with Crippen molar-refractivity contribution in [2.45, 2.75) is 0 Å². The van der Waals surface area contributed by atoms with Crippen LogP contribution in [0.1, 0.15) is 0 Å². The van der Waals surface area contributed by atoms with Gasteiger partial charge in [-0.25, -0.2) is 8.78 Å². The van der Waals surface area contributed by atoms with Gasteiger partial charge in [-0.1, -0.05) is 0 Å². The van der Waals surface area contributed by atoms with E-state index in [2.05, 4.69) is 0 Å². The normalized spacial score (nSPS) is 10.2. The van der Waals surface area contributed by atoms with E-state index in [4.69, 9.17) is 10.2 Å². The van der Waals surface area contributed by atoms with Crippen molar-refractivity contribution < 1.29 is 28.6 Å². The van der Waals surface area contributed by atoms with Gasteiger partial charge >= 0.3 is 11.8 Å². The SMILES string of the molecule is O=C(Nc1ccc(F)cc1F)C(=O)N(CCO)CCO. The molecule has 8 heteroatoms. The summed E-state index contributed by atoms with van der Waals surface area (Å²) in [7, 11) is 0. The van der Waals surface area contributed by atoms with Gasteiger partial charge in [0.25, 0.3) is 0 Å². The van der Waals surface area contributed by atoms with E-state index in [9.17, 15) is 18.4 Å². The molecule has 0 aliphatic rings. The third kappa shape index (κ3) is 4.25. The van der Waals surface area contributed by atoms with Crippen LogP contribution in [0.2, 0.25) is 0 Å². The van der Waals surface area contributed by atoms with Crippen molar-refractivity contribution in [3.05, 3.63) is 29.8 Å². The number of nitrogens with zero attached hydrogens (tertiary/aromatic N) is 1. The molecule has 0 aliphatic heterocycles. The second-order valence-electron chi connectivity index (χ2n) is 3.82. The van der Waals surface area contributed by atoms with Crippen molar-refractivity contribution in [1.29, 1.82) is 0 Å². The van der Waals surface area contributed by atoms with Crippen molar-refractivity contribution >= 4 is 17.5 Å². The highest BCUT2D eigenvalue weighted by molar-refractivity contribution is 6.39. The summed E-state index contributed by atoms with van der Waals surface area (Å²) in [5.41, 5.74) is -0.335. The number of aliphatic hydroxyl groups excluding tert-OH is 2. The minimum absolute atomic E-state index is 0.140. The number of aliphatic hydroxyl groups is 2. The van der Waals surface area contributed by atoms with Crippen LogP contribution in [-0.2, 0) is 9.59 Å². The number of anilines is 1. The zero-order valence-corrected chi connectivity index (χ0v) is 10.5. The number of nitrogens with one attached hydrogen (secondary N) is 1. The van der Waals surface area contributed by atoms with Crippen molar-refractivity contribution in [2.75, 3.05) is 31.6 Å². The van der Waals surface area contributed by atoms with E-state index in [-0.39, 0.29) is 32.0 Å². The summed E-state index contributed by atoms with van der Waals surface area (Å²) in [4.78, 5) is 24.2. The zero-order chi connectivity index (χ0) is 15.1. The molecular weight excluding hydrogens is 274 g/mol. The van der Waals surface area contributed by atoms with E-state index in [1.165, 1.54) is 0 Å². The fraction of sp³-hybridized carbons (Fsp3) is 0.333. The molecule has 1 aromatic rings. The third-order valence-corrected chi connectivity index (χ3v) is 2.40. The predicted octanol–water partition coefficient (Wildman–Crippen LogP) is -0.284. The third-order valence-electron chi connectivity index (χ3n) is 2.40. The summed E-state index contributed by atoms with van der Waals surface area (Å²) in [6.45, 7) is -1.05. The van der Waals surface area contributed by atoms with E-state index in [1.807, 2.05) is 5.32 Å². The largest absolute Gasteiger partial charge is 0.395 e. The minimum atomic E-state index is -1.14. The van der Waals surface area contributed by atoms with Gasteiger partial charge in [-0.3, -0.25) is 9.59 Å². The maximum Gasteiger partial charge on any atom is 0.313 e. The number of halogens is 2. The lowest BCUT2D eigenvalue weighted by atomic mass is 10.3. The Balaban J connectivity index is 2.76. The van der Waals surface area contributed by atoms with Crippen LogP contribution in [0.4, 0.5) is 14.5 Å². The first-order valence-corrected chi connectivity index (χ1v) is 5.76. The van der Waals surface area contributed by atoms with Crippen molar-refractivity contribution in [2.24, 2.45) is 0 Å². The van der Waals surface area contributed by atoms with Crippen LogP contribution in [0.5, 0.6) is 0 Å². The van der Waals surface area contributed by atoms with Crippen LogP contribution in [0, 0.1) is 11.6 Å². The molecule has 2 amide bonds. The Kier molecular flexibility index (Phi) is 6.01. The van der Waals surface area contributed by atoms with Crippen LogP contribution >= 0.6 is 0 Å². The molecule has 0 heterocycles. The Morgan fingerprint density at radius 3 is 2.25 bits per heavy atom. The van der Waals surface area contributed by atoms with E-state index < -0.39 is 23.4 Å². The van der Waals surface area contributed by atoms with Crippen LogP contribution in [0.25, 0.3) is 0 Å². The topological polar surface area (TPSA) is 89.9 Å². The highest BCUT2D eigenvalue weighted by Gasteiger charge is 2.22. The Labute approximate surface area is 113 Å². The molecule has 0 aromatic heterocycles. The van der Waals surface area contributed by atoms with Crippen LogP contribution in [0.3, 0.4) is 0 Å². The Morgan fingerprint density at radius 1 is 1.15 bits per heavy atom. The standard InChI is InChI=1S/C12H14F2N2O4/c13-8-1-2-10(9(14)7-8)15-11(19)12(20)16(3-5-17)4-6-18/h1-2,7,17-18H,3-6H2,(H,15,19). The lowest BCUT2D eigenvalue weighted by molar-refractivity contribution is -0.143. The smallest absolute Gasteiger partial charge is 0.313 e. The van der Waals surface area contributed by atoms with E-state index in [0.29, 0.717) is 6.07 Å². The second-order valence-corrected chi connectivity index (χ2v) is 3.82. The van der Waals surface area contributed by atoms with Gasteiger partial charge in [-0.05, 0) is 12.1 Å². The average Bonchev–Trinajstić information content (AvgIpc) is 2.40. The van der Waals surface area contributed by atoms with Gasteiger partial charge in [-0.15, -0.1) is 0 Å². The summed E-state index contributed by atoms with van der Waals surface area (Å²) >= 11 is 0. The number of rotatable bonds is 5. The Morgan fingerprint density at radius 2 is 1.75 bits per heavy atom. The molecule has 6 nitrogen and oxygen atoms in total. The van der Waals surface area contributed by atoms with Gasteiger partial charge in [0.15, 0.2) is 0 Å². The van der Waals surface area contributed by atoms with Crippen LogP contribution < -0.4 is 5.32 Å². The van der Waals surface area contributed by atoms with E-state index in [0.717, 1.165) is 17.0 Å². The maximum absolute atomic E-state index is 13.3. The molecule has 0 radical (unpaired) electrons. The number of amides is 2. The molecule has 1 rings (SSSR count). The van der Waals surface area contributed by atoms with Crippen LogP contribution in [0.15, 0.2) is 18.2 Å². The number of carbonyl (C=O) groups is 2. The molecular formula is C12H14F2N2O4. The Bertz CT molecular complexity index is 490. The fourth-order valence-electron chi connectivity index (χ4n) is 1.47. The molecule has 110 valence electrons. The molecule has 20 heavy (non-hydrogen) atoms. The molecule has 0 aliphatic carbocycles. The quantitative estimate of drug-likeness (QED) is 0.650. The number of hydrogen-bond acceptors (Lipinski definition) is 4. The molecule has 0 bridgehead atoms. The van der Waals surface area contributed by atoms with Gasteiger partial charge in [-0.2, -0.15) is 0 Å². The van der Waals surface area contributed by atoms with E-state index in [1.54, 1.807) is 0 Å². The Hall–Kier alpha value is -2.06. The second kappa shape index (κ2) is 7.51. The molecule has 1 aromatic carbocycles. The molecule has 0 fully saturated rings. The van der Waals surface area contributed by atoms with Gasteiger partial charge in [0.2, 0.25) is 0 Å². The molecule has 0 atom stereocenters. The van der Waals surface area contributed by atoms with Crippen molar-refractivity contribution in [3.8, 4) is 0 Å². The van der Waals surface area contributed by atoms with Crippen LogP contribution in [-0.4, -0.2) is 53.2 Å². The first-order valence-electron chi connectivity index (χ1n) is 5.76.